The van der Waals surface area contributed by atoms with Gasteiger partial charge in [0.15, 0.2) is 5.11 Å². The van der Waals surface area contributed by atoms with Crippen LogP contribution >= 0.6 is 12.2 Å². The summed E-state index contributed by atoms with van der Waals surface area (Å²) in [6, 6.07) is 9.62. The fourth-order valence-electron chi connectivity index (χ4n) is 2.41. The van der Waals surface area contributed by atoms with E-state index in [0.29, 0.717) is 36.7 Å². The van der Waals surface area contributed by atoms with Crippen molar-refractivity contribution in [2.75, 3.05) is 32.7 Å². The van der Waals surface area contributed by atoms with Crippen molar-refractivity contribution < 1.29 is 9.47 Å². The van der Waals surface area contributed by atoms with Crippen molar-refractivity contribution in [2.45, 2.75) is 20.4 Å². The second-order valence-electron chi connectivity index (χ2n) is 5.95. The van der Waals surface area contributed by atoms with E-state index in [1.54, 1.807) is 14.2 Å². The van der Waals surface area contributed by atoms with Crippen molar-refractivity contribution in [3.05, 3.63) is 47.3 Å². The number of hydrogen-bond acceptors (Lipinski definition) is 6. The van der Waals surface area contributed by atoms with Gasteiger partial charge in [-0.15, -0.1) is 0 Å². The Labute approximate surface area is 170 Å². The summed E-state index contributed by atoms with van der Waals surface area (Å²) in [6.45, 7) is 5.35. The van der Waals surface area contributed by atoms with E-state index < -0.39 is 0 Å². The number of benzene rings is 1. The predicted octanol–water partition coefficient (Wildman–Crippen LogP) is 2.18. The smallest absolute Gasteiger partial charge is 0.229 e. The minimum Gasteiger partial charge on any atom is -0.496 e. The van der Waals surface area contributed by atoms with Gasteiger partial charge >= 0.3 is 0 Å². The number of methoxy groups -OCH3 is 2. The summed E-state index contributed by atoms with van der Waals surface area (Å²) in [4.78, 5) is 13.4. The number of rotatable bonds is 7. The van der Waals surface area contributed by atoms with Crippen molar-refractivity contribution >= 4 is 29.2 Å². The second kappa shape index (κ2) is 11.2. The SMILES string of the molecule is COCCNC(=S)NC(=NCc1ccccc1OC)Nc1nc(C)cc(C)n1. The summed E-state index contributed by atoms with van der Waals surface area (Å²) in [5.74, 6) is 1.66. The van der Waals surface area contributed by atoms with E-state index in [2.05, 4.69) is 30.9 Å². The van der Waals surface area contributed by atoms with Crippen LogP contribution in [0.4, 0.5) is 5.95 Å². The normalized spacial score (nSPS) is 11.1. The van der Waals surface area contributed by atoms with Crippen molar-refractivity contribution in [3.63, 3.8) is 0 Å². The van der Waals surface area contributed by atoms with E-state index in [4.69, 9.17) is 21.7 Å². The zero-order valence-electron chi connectivity index (χ0n) is 16.6. The van der Waals surface area contributed by atoms with Gasteiger partial charge in [0.05, 0.1) is 20.3 Å². The molecule has 0 aliphatic heterocycles. The number of thiocarbonyl (C=S) groups is 1. The lowest BCUT2D eigenvalue weighted by Crippen LogP contribution is -2.43. The first-order valence-electron chi connectivity index (χ1n) is 8.81. The van der Waals surface area contributed by atoms with Gasteiger partial charge in [-0.3, -0.25) is 5.32 Å². The maximum absolute atomic E-state index is 5.39. The number of hydrogen-bond donors (Lipinski definition) is 3. The molecule has 0 spiro atoms. The van der Waals surface area contributed by atoms with Crippen LogP contribution in [0.2, 0.25) is 0 Å². The molecule has 9 heteroatoms. The van der Waals surface area contributed by atoms with Gasteiger partial charge in [0, 0.05) is 30.6 Å². The molecule has 0 saturated carbocycles. The van der Waals surface area contributed by atoms with Crippen molar-refractivity contribution in [2.24, 2.45) is 4.99 Å². The predicted molar refractivity (Wildman–Crippen MR) is 115 cm³/mol. The molecule has 3 N–H and O–H groups in total. The van der Waals surface area contributed by atoms with E-state index in [0.717, 1.165) is 22.7 Å². The molecule has 0 aliphatic rings. The van der Waals surface area contributed by atoms with Crippen LogP contribution in [0.25, 0.3) is 0 Å². The number of ether oxygens (including phenoxy) is 2. The van der Waals surface area contributed by atoms with Crippen LogP contribution in [-0.2, 0) is 11.3 Å². The van der Waals surface area contributed by atoms with Gasteiger partial charge in [0.2, 0.25) is 11.9 Å². The van der Waals surface area contributed by atoms with Crippen LogP contribution in [-0.4, -0.2) is 48.4 Å². The van der Waals surface area contributed by atoms with Crippen LogP contribution in [0, 0.1) is 13.8 Å². The third-order valence-corrected chi connectivity index (χ3v) is 3.88. The molecule has 0 atom stereocenters. The number of aromatic nitrogens is 2. The molecule has 2 aromatic rings. The molecule has 150 valence electrons. The van der Waals surface area contributed by atoms with Gasteiger partial charge in [-0.2, -0.15) is 0 Å². The van der Waals surface area contributed by atoms with Gasteiger partial charge < -0.3 is 20.1 Å². The van der Waals surface area contributed by atoms with Gasteiger partial charge in [0.1, 0.15) is 5.75 Å². The molecule has 0 fully saturated rings. The molecule has 0 unspecified atom stereocenters. The Morgan fingerprint density at radius 2 is 1.86 bits per heavy atom. The summed E-state index contributed by atoms with van der Waals surface area (Å²) in [5, 5.41) is 9.64. The molecule has 0 saturated heterocycles. The summed E-state index contributed by atoms with van der Waals surface area (Å²) in [5.41, 5.74) is 2.67. The maximum atomic E-state index is 5.39. The van der Waals surface area contributed by atoms with Crippen molar-refractivity contribution in [3.8, 4) is 5.75 Å². The number of guanidine groups is 1. The number of para-hydroxylation sites is 1. The summed E-state index contributed by atoms with van der Waals surface area (Å²) in [6.07, 6.45) is 0. The minimum atomic E-state index is 0.394. The molecule has 1 aromatic heterocycles. The van der Waals surface area contributed by atoms with E-state index in [-0.39, 0.29) is 0 Å². The Hall–Kier alpha value is -2.78. The van der Waals surface area contributed by atoms with Crippen molar-refractivity contribution in [1.29, 1.82) is 0 Å². The highest BCUT2D eigenvalue weighted by molar-refractivity contribution is 7.80. The topological polar surface area (TPSA) is 92.7 Å². The van der Waals surface area contributed by atoms with Gasteiger partial charge in [-0.25, -0.2) is 15.0 Å². The Kier molecular flexibility index (Phi) is 8.57. The standard InChI is InChI=1S/C19H26N6O2S/c1-13-11-14(2)23-18(22-13)24-17(25-19(28)20-9-10-26-3)21-12-15-7-5-6-8-16(15)27-4/h5-8,11H,9-10,12H2,1-4H3,(H3,20,21,22,23,24,25,28). The second-order valence-corrected chi connectivity index (χ2v) is 6.36. The summed E-state index contributed by atoms with van der Waals surface area (Å²) >= 11 is 5.33. The van der Waals surface area contributed by atoms with E-state index >= 15 is 0 Å². The lowest BCUT2D eigenvalue weighted by molar-refractivity contribution is 0.204. The van der Waals surface area contributed by atoms with Crippen molar-refractivity contribution in [1.82, 2.24) is 20.6 Å². The molecule has 0 bridgehead atoms. The number of aliphatic imine (C=N–C) groups is 1. The molecule has 0 radical (unpaired) electrons. The third-order valence-electron chi connectivity index (χ3n) is 3.64. The number of aryl methyl sites for hydroxylation is 2. The highest BCUT2D eigenvalue weighted by Crippen LogP contribution is 2.18. The zero-order chi connectivity index (χ0) is 20.4. The van der Waals surface area contributed by atoms with Crippen LogP contribution in [0.5, 0.6) is 5.75 Å². The zero-order valence-corrected chi connectivity index (χ0v) is 17.4. The average Bonchev–Trinajstić information content (AvgIpc) is 2.65. The minimum absolute atomic E-state index is 0.394. The lowest BCUT2D eigenvalue weighted by Gasteiger charge is -2.14. The Balaban J connectivity index is 2.17. The lowest BCUT2D eigenvalue weighted by atomic mass is 10.2. The first-order valence-corrected chi connectivity index (χ1v) is 9.22. The molecule has 1 aromatic carbocycles. The molecule has 2 rings (SSSR count). The van der Waals surface area contributed by atoms with Crippen LogP contribution in [0.1, 0.15) is 17.0 Å². The molecule has 0 aliphatic carbocycles. The van der Waals surface area contributed by atoms with Gasteiger partial charge in [0.25, 0.3) is 0 Å². The quantitative estimate of drug-likeness (QED) is 0.281. The van der Waals surface area contributed by atoms with E-state index in [9.17, 15) is 0 Å². The molecule has 8 nitrogen and oxygen atoms in total. The number of anilines is 1. The Bertz CT molecular complexity index is 808. The van der Waals surface area contributed by atoms with Gasteiger partial charge in [-0.05, 0) is 38.2 Å². The first kappa shape index (κ1) is 21.5. The molecule has 1 heterocycles. The number of nitrogens with one attached hydrogen (secondary N) is 3. The van der Waals surface area contributed by atoms with E-state index in [1.165, 1.54) is 0 Å². The highest BCUT2D eigenvalue weighted by atomic mass is 32.1. The fourth-order valence-corrected chi connectivity index (χ4v) is 2.61. The van der Waals surface area contributed by atoms with Crippen LogP contribution in [0.15, 0.2) is 35.3 Å². The Morgan fingerprint density at radius 3 is 2.54 bits per heavy atom. The molecular weight excluding hydrogens is 376 g/mol. The average molecular weight is 403 g/mol. The molecule has 0 amide bonds. The molecule has 28 heavy (non-hydrogen) atoms. The monoisotopic (exact) mass is 402 g/mol. The highest BCUT2D eigenvalue weighted by Gasteiger charge is 2.08. The van der Waals surface area contributed by atoms with Crippen LogP contribution in [0.3, 0.4) is 0 Å². The maximum Gasteiger partial charge on any atom is 0.229 e. The summed E-state index contributed by atoms with van der Waals surface area (Å²) < 4.78 is 10.4. The largest absolute Gasteiger partial charge is 0.496 e. The fraction of sp³-hybridized carbons (Fsp3) is 0.368. The Morgan fingerprint density at radius 1 is 1.14 bits per heavy atom. The van der Waals surface area contributed by atoms with Gasteiger partial charge in [-0.1, -0.05) is 18.2 Å². The van der Waals surface area contributed by atoms with E-state index in [1.807, 2.05) is 44.2 Å². The van der Waals surface area contributed by atoms with Crippen LogP contribution < -0.4 is 20.7 Å². The summed E-state index contributed by atoms with van der Waals surface area (Å²) in [7, 11) is 3.27. The molecular formula is C19H26N6O2S. The first-order chi connectivity index (χ1) is 13.5. The number of nitrogens with zero attached hydrogens (tertiary/aromatic N) is 3. The third kappa shape index (κ3) is 7.09.